The second-order valence-electron chi connectivity index (χ2n) is 3.67. The van der Waals surface area contributed by atoms with E-state index in [1.807, 2.05) is 36.4 Å². The Morgan fingerprint density at radius 3 is 2.61 bits per heavy atom. The lowest BCUT2D eigenvalue weighted by molar-refractivity contribution is 0.409. The van der Waals surface area contributed by atoms with E-state index in [1.54, 1.807) is 13.2 Å². The third-order valence-corrected chi connectivity index (χ3v) is 3.28. The Kier molecular flexibility index (Phi) is 4.50. The zero-order chi connectivity index (χ0) is 13.0. The first kappa shape index (κ1) is 13.2. The maximum atomic E-state index is 5.98. The standard InChI is InChI=1S/C14H12BrClO2/c1-17-12-3-2-4-13(8-12)18-14-7-11(16)6-5-10(14)9-15/h2-8H,9H2,1H3. The summed E-state index contributed by atoms with van der Waals surface area (Å²) in [6.07, 6.45) is 0. The molecule has 0 unspecified atom stereocenters. The van der Waals surface area contributed by atoms with Crippen molar-refractivity contribution in [2.24, 2.45) is 0 Å². The maximum Gasteiger partial charge on any atom is 0.132 e. The molecule has 94 valence electrons. The van der Waals surface area contributed by atoms with Crippen LogP contribution >= 0.6 is 27.5 Å². The second-order valence-corrected chi connectivity index (χ2v) is 4.66. The summed E-state index contributed by atoms with van der Waals surface area (Å²) in [5, 5.41) is 1.36. The van der Waals surface area contributed by atoms with Crippen LogP contribution in [0.1, 0.15) is 5.56 Å². The molecule has 2 nitrogen and oxygen atoms in total. The topological polar surface area (TPSA) is 18.5 Å². The summed E-state index contributed by atoms with van der Waals surface area (Å²) in [5.41, 5.74) is 1.04. The fourth-order valence-corrected chi connectivity index (χ4v) is 2.15. The average Bonchev–Trinajstić information content (AvgIpc) is 2.39. The molecule has 0 bridgehead atoms. The number of benzene rings is 2. The van der Waals surface area contributed by atoms with Crippen molar-refractivity contribution in [3.05, 3.63) is 53.1 Å². The zero-order valence-corrected chi connectivity index (χ0v) is 12.2. The van der Waals surface area contributed by atoms with Gasteiger partial charge < -0.3 is 9.47 Å². The highest BCUT2D eigenvalue weighted by Gasteiger charge is 2.06. The van der Waals surface area contributed by atoms with Crippen molar-refractivity contribution in [3.8, 4) is 17.2 Å². The van der Waals surface area contributed by atoms with E-state index < -0.39 is 0 Å². The molecule has 0 aliphatic carbocycles. The van der Waals surface area contributed by atoms with Crippen molar-refractivity contribution in [1.29, 1.82) is 0 Å². The number of methoxy groups -OCH3 is 1. The number of rotatable bonds is 4. The molecule has 4 heteroatoms. The van der Waals surface area contributed by atoms with E-state index in [2.05, 4.69) is 15.9 Å². The van der Waals surface area contributed by atoms with Crippen molar-refractivity contribution in [2.75, 3.05) is 7.11 Å². The van der Waals surface area contributed by atoms with Gasteiger partial charge in [0.1, 0.15) is 17.2 Å². The first-order valence-corrected chi connectivity index (χ1v) is 6.89. The molecule has 0 aliphatic heterocycles. The van der Waals surface area contributed by atoms with Gasteiger partial charge in [-0.25, -0.2) is 0 Å². The molecule has 0 saturated carbocycles. The number of halogens is 2. The third-order valence-electron chi connectivity index (χ3n) is 2.44. The lowest BCUT2D eigenvalue weighted by atomic mass is 10.2. The van der Waals surface area contributed by atoms with Crippen LogP contribution in [0, 0.1) is 0 Å². The third kappa shape index (κ3) is 3.18. The van der Waals surface area contributed by atoms with Gasteiger partial charge in [0.25, 0.3) is 0 Å². The van der Waals surface area contributed by atoms with E-state index in [-0.39, 0.29) is 0 Å². The summed E-state index contributed by atoms with van der Waals surface area (Å²) in [4.78, 5) is 0. The van der Waals surface area contributed by atoms with E-state index in [0.717, 1.165) is 22.8 Å². The SMILES string of the molecule is COc1cccc(Oc2cc(Cl)ccc2CBr)c1. The first-order valence-electron chi connectivity index (χ1n) is 5.39. The van der Waals surface area contributed by atoms with Crippen molar-refractivity contribution >= 4 is 27.5 Å². The van der Waals surface area contributed by atoms with Crippen LogP contribution in [0.4, 0.5) is 0 Å². The van der Waals surface area contributed by atoms with Crippen molar-refractivity contribution in [3.63, 3.8) is 0 Å². The van der Waals surface area contributed by atoms with E-state index >= 15 is 0 Å². The fourth-order valence-electron chi connectivity index (χ4n) is 1.53. The van der Waals surface area contributed by atoms with Gasteiger partial charge in [-0.3, -0.25) is 0 Å². The zero-order valence-electron chi connectivity index (χ0n) is 9.82. The van der Waals surface area contributed by atoms with Gasteiger partial charge in [0.15, 0.2) is 0 Å². The summed E-state index contributed by atoms with van der Waals surface area (Å²) in [7, 11) is 1.63. The summed E-state index contributed by atoms with van der Waals surface area (Å²) in [6, 6.07) is 13.0. The molecule has 0 N–H and O–H groups in total. The van der Waals surface area contributed by atoms with E-state index in [9.17, 15) is 0 Å². The molecule has 2 aromatic rings. The molecule has 2 aromatic carbocycles. The first-order chi connectivity index (χ1) is 8.72. The molecule has 0 heterocycles. The van der Waals surface area contributed by atoms with E-state index in [0.29, 0.717) is 10.4 Å². The molecule has 0 atom stereocenters. The lowest BCUT2D eigenvalue weighted by Gasteiger charge is -2.11. The fraction of sp³-hybridized carbons (Fsp3) is 0.143. The number of ether oxygens (including phenoxy) is 2. The van der Waals surface area contributed by atoms with Crippen LogP contribution in [-0.4, -0.2) is 7.11 Å². The quantitative estimate of drug-likeness (QED) is 0.733. The molecule has 0 aliphatic rings. The second kappa shape index (κ2) is 6.12. The van der Waals surface area contributed by atoms with Crippen LogP contribution in [-0.2, 0) is 5.33 Å². The maximum absolute atomic E-state index is 5.98. The summed E-state index contributed by atoms with van der Waals surface area (Å²) in [5.74, 6) is 2.22. The van der Waals surface area contributed by atoms with Gasteiger partial charge in [0.05, 0.1) is 7.11 Å². The van der Waals surface area contributed by atoms with Crippen molar-refractivity contribution < 1.29 is 9.47 Å². The van der Waals surface area contributed by atoms with Crippen LogP contribution in [0.5, 0.6) is 17.2 Å². The Morgan fingerprint density at radius 1 is 1.11 bits per heavy atom. The molecular formula is C14H12BrClO2. The van der Waals surface area contributed by atoms with Crippen LogP contribution in [0.3, 0.4) is 0 Å². The van der Waals surface area contributed by atoms with Crippen LogP contribution in [0.2, 0.25) is 5.02 Å². The number of hydrogen-bond donors (Lipinski definition) is 0. The highest BCUT2D eigenvalue weighted by Crippen LogP contribution is 2.31. The highest BCUT2D eigenvalue weighted by atomic mass is 79.9. The van der Waals surface area contributed by atoms with Crippen LogP contribution < -0.4 is 9.47 Å². The van der Waals surface area contributed by atoms with Gasteiger partial charge in [-0.15, -0.1) is 0 Å². The Bertz CT molecular complexity index is 543. The summed E-state index contributed by atoms with van der Waals surface area (Å²) < 4.78 is 11.0. The Morgan fingerprint density at radius 2 is 1.89 bits per heavy atom. The van der Waals surface area contributed by atoms with E-state index in [1.165, 1.54) is 0 Å². The lowest BCUT2D eigenvalue weighted by Crippen LogP contribution is -1.90. The average molecular weight is 328 g/mol. The molecule has 0 radical (unpaired) electrons. The number of hydrogen-bond acceptors (Lipinski definition) is 2. The predicted octanol–water partition coefficient (Wildman–Crippen LogP) is 5.04. The molecule has 2 rings (SSSR count). The molecular weight excluding hydrogens is 316 g/mol. The van der Waals surface area contributed by atoms with Gasteiger partial charge in [0, 0.05) is 22.0 Å². The van der Waals surface area contributed by atoms with Gasteiger partial charge in [-0.2, -0.15) is 0 Å². The minimum atomic E-state index is 0.651. The summed E-state index contributed by atoms with van der Waals surface area (Å²) >= 11 is 9.41. The van der Waals surface area contributed by atoms with Gasteiger partial charge >= 0.3 is 0 Å². The normalized spacial score (nSPS) is 10.2. The molecule has 0 fully saturated rings. The largest absolute Gasteiger partial charge is 0.497 e. The monoisotopic (exact) mass is 326 g/mol. The van der Waals surface area contributed by atoms with Crippen LogP contribution in [0.25, 0.3) is 0 Å². The van der Waals surface area contributed by atoms with Crippen molar-refractivity contribution in [2.45, 2.75) is 5.33 Å². The van der Waals surface area contributed by atoms with Crippen LogP contribution in [0.15, 0.2) is 42.5 Å². The minimum Gasteiger partial charge on any atom is -0.497 e. The van der Waals surface area contributed by atoms with Crippen molar-refractivity contribution in [1.82, 2.24) is 0 Å². The molecule has 0 aromatic heterocycles. The summed E-state index contributed by atoms with van der Waals surface area (Å²) in [6.45, 7) is 0. The number of alkyl halides is 1. The predicted molar refractivity (Wildman–Crippen MR) is 77.2 cm³/mol. The Balaban J connectivity index is 2.29. The van der Waals surface area contributed by atoms with Gasteiger partial charge in [0.2, 0.25) is 0 Å². The molecule has 18 heavy (non-hydrogen) atoms. The smallest absolute Gasteiger partial charge is 0.132 e. The van der Waals surface area contributed by atoms with E-state index in [4.69, 9.17) is 21.1 Å². The minimum absolute atomic E-state index is 0.651. The molecule has 0 spiro atoms. The molecule has 0 amide bonds. The van der Waals surface area contributed by atoms with Gasteiger partial charge in [-0.1, -0.05) is 39.7 Å². The Hall–Kier alpha value is -1.19. The van der Waals surface area contributed by atoms with Gasteiger partial charge in [-0.05, 0) is 24.3 Å². The molecule has 0 saturated heterocycles. The highest BCUT2D eigenvalue weighted by molar-refractivity contribution is 9.08. The Labute approximate surface area is 120 Å².